The molecule has 1 saturated heterocycles. The molecule has 1 fully saturated rings. The second-order valence-corrected chi connectivity index (χ2v) is 6.17. The minimum atomic E-state index is -0.0749. The van der Waals surface area contributed by atoms with Crippen LogP contribution in [0.15, 0.2) is 22.8 Å². The molecule has 0 N–H and O–H groups in total. The molecule has 0 aliphatic carbocycles. The fraction of sp³-hybridized carbons (Fsp3) is 0.688. The van der Waals surface area contributed by atoms with Crippen molar-refractivity contribution in [2.75, 3.05) is 13.2 Å². The molecule has 1 amide bonds. The average molecular weight is 279 g/mol. The molecule has 20 heavy (non-hydrogen) atoms. The monoisotopic (exact) mass is 279 g/mol. The largest absolute Gasteiger partial charge is 0.467 e. The van der Waals surface area contributed by atoms with E-state index in [2.05, 4.69) is 13.8 Å². The minimum absolute atomic E-state index is 0.0749. The summed E-state index contributed by atoms with van der Waals surface area (Å²) in [6.45, 7) is 8.30. The van der Waals surface area contributed by atoms with E-state index in [0.29, 0.717) is 18.9 Å². The average Bonchev–Trinajstić information content (AvgIpc) is 2.89. The quantitative estimate of drug-likeness (QED) is 0.831. The third kappa shape index (κ3) is 4.10. The van der Waals surface area contributed by atoms with Gasteiger partial charge in [0.15, 0.2) is 0 Å². The van der Waals surface area contributed by atoms with Crippen LogP contribution in [0.5, 0.6) is 0 Å². The van der Waals surface area contributed by atoms with E-state index in [4.69, 9.17) is 9.15 Å². The molecule has 2 heterocycles. The van der Waals surface area contributed by atoms with Crippen molar-refractivity contribution in [1.29, 1.82) is 0 Å². The van der Waals surface area contributed by atoms with Gasteiger partial charge in [-0.25, -0.2) is 0 Å². The van der Waals surface area contributed by atoms with Crippen LogP contribution in [0.3, 0.4) is 0 Å². The molecule has 112 valence electrons. The predicted octanol–water partition coefficient (Wildman–Crippen LogP) is 3.22. The maximum atomic E-state index is 12.1. The molecule has 1 aliphatic heterocycles. The molecule has 2 rings (SSSR count). The highest BCUT2D eigenvalue weighted by atomic mass is 16.5. The van der Waals surface area contributed by atoms with Gasteiger partial charge in [-0.2, -0.15) is 0 Å². The summed E-state index contributed by atoms with van der Waals surface area (Å²) in [5, 5.41) is 0. The molecule has 0 spiro atoms. The molecule has 0 aromatic carbocycles. The van der Waals surface area contributed by atoms with E-state index >= 15 is 0 Å². The highest BCUT2D eigenvalue weighted by molar-refractivity contribution is 5.75. The first kappa shape index (κ1) is 15.1. The second-order valence-electron chi connectivity index (χ2n) is 6.17. The fourth-order valence-electron chi connectivity index (χ4n) is 2.89. The molecular formula is C16H25NO3. The fourth-order valence-corrected chi connectivity index (χ4v) is 2.89. The predicted molar refractivity (Wildman–Crippen MR) is 77.2 cm³/mol. The first-order valence-electron chi connectivity index (χ1n) is 7.44. The smallest absolute Gasteiger partial charge is 0.222 e. The van der Waals surface area contributed by atoms with E-state index in [0.717, 1.165) is 31.8 Å². The standard InChI is InChI=1S/C16H25NO3/c1-4-15(18)17(12-14-6-5-8-19-14)11-13-7-9-20-16(2,3)10-13/h5-6,8,13H,4,7,9-12H2,1-3H3/t13-/m0/s1. The number of amides is 1. The summed E-state index contributed by atoms with van der Waals surface area (Å²) in [6, 6.07) is 3.78. The van der Waals surface area contributed by atoms with E-state index < -0.39 is 0 Å². The van der Waals surface area contributed by atoms with Gasteiger partial charge in [0.1, 0.15) is 5.76 Å². The summed E-state index contributed by atoms with van der Waals surface area (Å²) in [6.07, 6.45) is 4.21. The molecule has 1 atom stereocenters. The SMILES string of the molecule is CCC(=O)N(Cc1ccco1)C[C@H]1CCOC(C)(C)C1. The van der Waals surface area contributed by atoms with E-state index in [1.807, 2.05) is 24.0 Å². The zero-order valence-electron chi connectivity index (χ0n) is 12.7. The van der Waals surface area contributed by atoms with Crippen molar-refractivity contribution in [3.8, 4) is 0 Å². The highest BCUT2D eigenvalue weighted by Gasteiger charge is 2.30. The third-order valence-corrected chi connectivity index (χ3v) is 3.86. The van der Waals surface area contributed by atoms with E-state index in [-0.39, 0.29) is 11.5 Å². The van der Waals surface area contributed by atoms with Crippen molar-refractivity contribution >= 4 is 5.91 Å². The Morgan fingerprint density at radius 1 is 1.50 bits per heavy atom. The summed E-state index contributed by atoms with van der Waals surface area (Å²) in [5.74, 6) is 1.54. The van der Waals surface area contributed by atoms with Crippen LogP contribution in [0.1, 0.15) is 45.8 Å². The van der Waals surface area contributed by atoms with Crippen LogP contribution in [0.4, 0.5) is 0 Å². The first-order valence-corrected chi connectivity index (χ1v) is 7.44. The van der Waals surface area contributed by atoms with Gasteiger partial charge in [0.25, 0.3) is 0 Å². The molecule has 0 radical (unpaired) electrons. The highest BCUT2D eigenvalue weighted by Crippen LogP contribution is 2.29. The van der Waals surface area contributed by atoms with Gasteiger partial charge in [-0.1, -0.05) is 6.92 Å². The van der Waals surface area contributed by atoms with Crippen LogP contribution in [0.2, 0.25) is 0 Å². The van der Waals surface area contributed by atoms with Crippen molar-refractivity contribution in [2.45, 2.75) is 52.2 Å². The van der Waals surface area contributed by atoms with Crippen LogP contribution < -0.4 is 0 Å². The lowest BCUT2D eigenvalue weighted by molar-refractivity contribution is -0.134. The van der Waals surface area contributed by atoms with Crippen molar-refractivity contribution in [3.63, 3.8) is 0 Å². The molecule has 1 aromatic rings. The van der Waals surface area contributed by atoms with Gasteiger partial charge in [0.2, 0.25) is 5.91 Å². The van der Waals surface area contributed by atoms with Gasteiger partial charge in [-0.3, -0.25) is 4.79 Å². The molecule has 0 saturated carbocycles. The normalized spacial score (nSPS) is 21.6. The van der Waals surface area contributed by atoms with E-state index in [1.54, 1.807) is 6.26 Å². The zero-order valence-corrected chi connectivity index (χ0v) is 12.7. The van der Waals surface area contributed by atoms with Crippen molar-refractivity contribution in [3.05, 3.63) is 24.2 Å². The number of ether oxygens (including phenoxy) is 1. The number of carbonyl (C=O) groups is 1. The van der Waals surface area contributed by atoms with Crippen LogP contribution in [0.25, 0.3) is 0 Å². The summed E-state index contributed by atoms with van der Waals surface area (Å²) < 4.78 is 11.1. The number of rotatable bonds is 5. The Labute approximate surface area is 121 Å². The number of hydrogen-bond donors (Lipinski definition) is 0. The Morgan fingerprint density at radius 2 is 2.30 bits per heavy atom. The number of furan rings is 1. The van der Waals surface area contributed by atoms with Crippen LogP contribution >= 0.6 is 0 Å². The molecular weight excluding hydrogens is 254 g/mol. The Kier molecular flexibility index (Phi) is 4.86. The first-order chi connectivity index (χ1) is 9.50. The van der Waals surface area contributed by atoms with Gasteiger partial charge in [-0.15, -0.1) is 0 Å². The number of nitrogens with zero attached hydrogens (tertiary/aromatic N) is 1. The molecule has 0 bridgehead atoms. The molecule has 4 heteroatoms. The zero-order chi connectivity index (χ0) is 14.6. The summed E-state index contributed by atoms with van der Waals surface area (Å²) >= 11 is 0. The van der Waals surface area contributed by atoms with Crippen LogP contribution in [-0.4, -0.2) is 29.6 Å². The van der Waals surface area contributed by atoms with Crippen molar-refractivity contribution < 1.29 is 13.9 Å². The van der Waals surface area contributed by atoms with Gasteiger partial charge >= 0.3 is 0 Å². The maximum Gasteiger partial charge on any atom is 0.222 e. The maximum absolute atomic E-state index is 12.1. The third-order valence-electron chi connectivity index (χ3n) is 3.86. The number of hydrogen-bond acceptors (Lipinski definition) is 3. The van der Waals surface area contributed by atoms with E-state index in [1.165, 1.54) is 0 Å². The Hall–Kier alpha value is -1.29. The lowest BCUT2D eigenvalue weighted by atomic mass is 9.88. The van der Waals surface area contributed by atoms with Crippen LogP contribution in [-0.2, 0) is 16.1 Å². The molecule has 4 nitrogen and oxygen atoms in total. The van der Waals surface area contributed by atoms with Crippen molar-refractivity contribution in [2.24, 2.45) is 5.92 Å². The Morgan fingerprint density at radius 3 is 2.90 bits per heavy atom. The van der Waals surface area contributed by atoms with Gasteiger partial charge < -0.3 is 14.1 Å². The van der Waals surface area contributed by atoms with Gasteiger partial charge in [0.05, 0.1) is 18.4 Å². The van der Waals surface area contributed by atoms with Crippen molar-refractivity contribution in [1.82, 2.24) is 4.90 Å². The minimum Gasteiger partial charge on any atom is -0.467 e. The Bertz CT molecular complexity index is 425. The topological polar surface area (TPSA) is 42.7 Å². The lowest BCUT2D eigenvalue weighted by Crippen LogP contribution is -2.41. The van der Waals surface area contributed by atoms with Crippen LogP contribution in [0, 0.1) is 5.92 Å². The summed E-state index contributed by atoms with van der Waals surface area (Å²) in [4.78, 5) is 14.0. The lowest BCUT2D eigenvalue weighted by Gasteiger charge is -2.37. The summed E-state index contributed by atoms with van der Waals surface area (Å²) in [7, 11) is 0. The second kappa shape index (κ2) is 6.44. The summed E-state index contributed by atoms with van der Waals surface area (Å²) in [5.41, 5.74) is -0.0749. The number of carbonyl (C=O) groups excluding carboxylic acids is 1. The van der Waals surface area contributed by atoms with E-state index in [9.17, 15) is 4.79 Å². The molecule has 0 unspecified atom stereocenters. The van der Waals surface area contributed by atoms with Gasteiger partial charge in [0, 0.05) is 19.6 Å². The molecule has 1 aromatic heterocycles. The molecule has 1 aliphatic rings. The van der Waals surface area contributed by atoms with Gasteiger partial charge in [-0.05, 0) is 44.7 Å². The Balaban J connectivity index is 1.98.